The van der Waals surface area contributed by atoms with Crippen molar-refractivity contribution in [1.82, 2.24) is 0 Å². The summed E-state index contributed by atoms with van der Waals surface area (Å²) in [6, 6.07) is 5.53. The number of unbranched alkanes of at least 4 members (excludes halogenated alkanes) is 4. The number of nitro benzene ring substituents is 1. The van der Waals surface area contributed by atoms with E-state index in [1.165, 1.54) is 18.4 Å². The number of benzene rings is 1. The predicted octanol–water partition coefficient (Wildman–Crippen LogP) is 5.06. The van der Waals surface area contributed by atoms with Gasteiger partial charge in [-0.1, -0.05) is 51.7 Å². The zero-order valence-electron chi connectivity index (χ0n) is 12.2. The summed E-state index contributed by atoms with van der Waals surface area (Å²) in [7, 11) is 0. The van der Waals surface area contributed by atoms with Gasteiger partial charge in [0.05, 0.1) is 4.92 Å². The van der Waals surface area contributed by atoms with E-state index in [9.17, 15) is 10.1 Å². The molecule has 1 aromatic rings. The molecule has 3 nitrogen and oxygen atoms in total. The summed E-state index contributed by atoms with van der Waals surface area (Å²) in [5.74, 6) is 0. The Morgan fingerprint density at radius 1 is 1.00 bits per heavy atom. The molecular weight excluding hydrogens is 238 g/mol. The first-order valence-electron chi connectivity index (χ1n) is 7.45. The van der Waals surface area contributed by atoms with Crippen LogP contribution < -0.4 is 0 Å². The van der Waals surface area contributed by atoms with Crippen molar-refractivity contribution in [2.24, 2.45) is 0 Å². The molecule has 19 heavy (non-hydrogen) atoms. The van der Waals surface area contributed by atoms with E-state index >= 15 is 0 Å². The second kappa shape index (κ2) is 8.68. The van der Waals surface area contributed by atoms with Crippen LogP contribution in [0.15, 0.2) is 18.2 Å². The van der Waals surface area contributed by atoms with E-state index in [2.05, 4.69) is 19.9 Å². The van der Waals surface area contributed by atoms with E-state index in [-0.39, 0.29) is 4.92 Å². The van der Waals surface area contributed by atoms with Crippen LogP contribution in [0.5, 0.6) is 0 Å². The van der Waals surface area contributed by atoms with Crippen molar-refractivity contribution in [1.29, 1.82) is 0 Å². The molecular formula is C16H25NO2. The van der Waals surface area contributed by atoms with Crippen molar-refractivity contribution < 1.29 is 4.92 Å². The second-order valence-electron chi connectivity index (χ2n) is 5.09. The fourth-order valence-corrected chi connectivity index (χ4v) is 2.43. The molecule has 0 aliphatic heterocycles. The van der Waals surface area contributed by atoms with Gasteiger partial charge in [0.2, 0.25) is 0 Å². The van der Waals surface area contributed by atoms with Gasteiger partial charge in [0.25, 0.3) is 5.69 Å². The monoisotopic (exact) mass is 263 g/mol. The molecule has 1 aromatic carbocycles. The molecule has 0 atom stereocenters. The molecule has 0 fully saturated rings. The van der Waals surface area contributed by atoms with Crippen molar-refractivity contribution in [3.8, 4) is 0 Å². The zero-order chi connectivity index (χ0) is 14.1. The standard InChI is InChI=1S/C16H25NO2/c1-3-5-7-10-14-11-9-13-16(17(18)19)15(14)12-8-6-4-2/h9,11,13H,3-8,10,12H2,1-2H3. The average molecular weight is 263 g/mol. The smallest absolute Gasteiger partial charge is 0.258 e. The highest BCUT2D eigenvalue weighted by Gasteiger charge is 2.16. The van der Waals surface area contributed by atoms with Crippen molar-refractivity contribution >= 4 is 5.69 Å². The molecule has 0 unspecified atom stereocenters. The number of nitrogens with zero attached hydrogens (tertiary/aromatic N) is 1. The van der Waals surface area contributed by atoms with Gasteiger partial charge in [0.1, 0.15) is 0 Å². The molecule has 0 amide bonds. The Morgan fingerprint density at radius 3 is 2.21 bits per heavy atom. The number of nitro groups is 1. The number of aryl methyl sites for hydroxylation is 1. The Bertz CT molecular complexity index is 402. The number of rotatable bonds is 9. The van der Waals surface area contributed by atoms with Gasteiger partial charge in [-0.15, -0.1) is 0 Å². The van der Waals surface area contributed by atoms with Gasteiger partial charge in [0.15, 0.2) is 0 Å². The van der Waals surface area contributed by atoms with E-state index in [4.69, 9.17) is 0 Å². The molecule has 0 bridgehead atoms. The molecule has 0 aromatic heterocycles. The van der Waals surface area contributed by atoms with Gasteiger partial charge in [-0.05, 0) is 31.2 Å². The van der Waals surface area contributed by atoms with Crippen LogP contribution in [0.2, 0.25) is 0 Å². The molecule has 0 aliphatic rings. The molecule has 1 rings (SSSR count). The molecule has 0 N–H and O–H groups in total. The van der Waals surface area contributed by atoms with Gasteiger partial charge in [0, 0.05) is 11.6 Å². The maximum Gasteiger partial charge on any atom is 0.272 e. The van der Waals surface area contributed by atoms with Crippen LogP contribution in [0.3, 0.4) is 0 Å². The summed E-state index contributed by atoms with van der Waals surface area (Å²) in [4.78, 5) is 10.9. The second-order valence-corrected chi connectivity index (χ2v) is 5.09. The van der Waals surface area contributed by atoms with Crippen molar-refractivity contribution in [3.05, 3.63) is 39.4 Å². The van der Waals surface area contributed by atoms with Crippen LogP contribution in [0.1, 0.15) is 63.5 Å². The molecule has 3 heteroatoms. The number of hydrogen-bond acceptors (Lipinski definition) is 2. The van der Waals surface area contributed by atoms with Crippen molar-refractivity contribution in [2.45, 2.75) is 65.2 Å². The Labute approximate surface area is 116 Å². The largest absolute Gasteiger partial charge is 0.272 e. The molecule has 106 valence electrons. The lowest BCUT2D eigenvalue weighted by Gasteiger charge is -2.10. The quantitative estimate of drug-likeness (QED) is 0.355. The van der Waals surface area contributed by atoms with Crippen molar-refractivity contribution in [3.63, 3.8) is 0 Å². The molecule has 0 heterocycles. The van der Waals surface area contributed by atoms with Crippen LogP contribution in [0.25, 0.3) is 0 Å². The van der Waals surface area contributed by atoms with E-state index < -0.39 is 0 Å². The minimum absolute atomic E-state index is 0.232. The highest BCUT2D eigenvalue weighted by atomic mass is 16.6. The molecule has 0 aliphatic carbocycles. The Morgan fingerprint density at radius 2 is 1.63 bits per heavy atom. The first-order chi connectivity index (χ1) is 9.20. The zero-order valence-corrected chi connectivity index (χ0v) is 12.2. The third kappa shape index (κ3) is 5.01. The van der Waals surface area contributed by atoms with Crippen LogP contribution in [-0.4, -0.2) is 4.92 Å². The predicted molar refractivity (Wildman–Crippen MR) is 79.6 cm³/mol. The first kappa shape index (κ1) is 15.7. The minimum Gasteiger partial charge on any atom is -0.258 e. The van der Waals surface area contributed by atoms with Crippen LogP contribution >= 0.6 is 0 Å². The summed E-state index contributed by atoms with van der Waals surface area (Å²) in [5, 5.41) is 11.1. The highest BCUT2D eigenvalue weighted by Crippen LogP contribution is 2.26. The van der Waals surface area contributed by atoms with Crippen molar-refractivity contribution in [2.75, 3.05) is 0 Å². The fourth-order valence-electron chi connectivity index (χ4n) is 2.43. The molecule has 0 radical (unpaired) electrons. The third-order valence-corrected chi connectivity index (χ3v) is 3.53. The lowest BCUT2D eigenvalue weighted by Crippen LogP contribution is -2.01. The summed E-state index contributed by atoms with van der Waals surface area (Å²) in [6.45, 7) is 4.33. The van der Waals surface area contributed by atoms with Gasteiger partial charge in [-0.25, -0.2) is 0 Å². The summed E-state index contributed by atoms with van der Waals surface area (Å²) >= 11 is 0. The SMILES string of the molecule is CCCCCc1cccc([N+](=O)[O-])c1CCCCC. The van der Waals surface area contributed by atoms with Crippen LogP contribution in [0, 0.1) is 10.1 Å². The van der Waals surface area contributed by atoms with E-state index in [0.717, 1.165) is 44.1 Å². The minimum atomic E-state index is -0.232. The maximum absolute atomic E-state index is 11.1. The summed E-state index contributed by atoms with van der Waals surface area (Å²) in [5.41, 5.74) is 2.46. The lowest BCUT2D eigenvalue weighted by molar-refractivity contribution is -0.385. The third-order valence-electron chi connectivity index (χ3n) is 3.53. The Balaban J connectivity index is 2.86. The summed E-state index contributed by atoms with van der Waals surface area (Å²) in [6.07, 6.45) is 8.63. The van der Waals surface area contributed by atoms with Crippen LogP contribution in [-0.2, 0) is 12.8 Å². The molecule has 0 saturated heterocycles. The van der Waals surface area contributed by atoms with E-state index in [1.807, 2.05) is 6.07 Å². The Hall–Kier alpha value is -1.38. The van der Waals surface area contributed by atoms with Gasteiger partial charge in [-0.2, -0.15) is 0 Å². The number of hydrogen-bond donors (Lipinski definition) is 0. The maximum atomic E-state index is 11.1. The van der Waals surface area contributed by atoms with Gasteiger partial charge < -0.3 is 0 Å². The van der Waals surface area contributed by atoms with Gasteiger partial charge in [-0.3, -0.25) is 10.1 Å². The average Bonchev–Trinajstić information content (AvgIpc) is 2.40. The topological polar surface area (TPSA) is 43.1 Å². The van der Waals surface area contributed by atoms with Crippen LogP contribution in [0.4, 0.5) is 5.69 Å². The Kier molecular flexibility index (Phi) is 7.16. The normalized spacial score (nSPS) is 10.6. The van der Waals surface area contributed by atoms with E-state index in [0.29, 0.717) is 5.69 Å². The lowest BCUT2D eigenvalue weighted by atomic mass is 9.95. The molecule has 0 spiro atoms. The summed E-state index contributed by atoms with van der Waals surface area (Å²) < 4.78 is 0. The van der Waals surface area contributed by atoms with E-state index in [1.54, 1.807) is 6.07 Å². The highest BCUT2D eigenvalue weighted by molar-refractivity contribution is 5.45. The fraction of sp³-hybridized carbons (Fsp3) is 0.625. The van der Waals surface area contributed by atoms with Gasteiger partial charge >= 0.3 is 0 Å². The first-order valence-corrected chi connectivity index (χ1v) is 7.45. The molecule has 0 saturated carbocycles.